The first-order chi connectivity index (χ1) is 5.52. The summed E-state index contributed by atoms with van der Waals surface area (Å²) < 4.78 is 1.21. The van der Waals surface area contributed by atoms with E-state index in [0.717, 1.165) is 5.56 Å². The van der Waals surface area contributed by atoms with Crippen LogP contribution in [0.4, 0.5) is 0 Å². The van der Waals surface area contributed by atoms with Crippen LogP contribution in [0.3, 0.4) is 0 Å². The lowest BCUT2D eigenvalue weighted by molar-refractivity contribution is 0.740. The van der Waals surface area contributed by atoms with Gasteiger partial charge in [0.05, 0.1) is 4.34 Å². The summed E-state index contributed by atoms with van der Waals surface area (Å²) in [6.45, 7) is 1.90. The summed E-state index contributed by atoms with van der Waals surface area (Å²) >= 11 is 13.1. The van der Waals surface area contributed by atoms with Gasteiger partial charge >= 0.3 is 0 Å². The fourth-order valence-electron chi connectivity index (χ4n) is 0.930. The third kappa shape index (κ3) is 2.16. The maximum Gasteiger partial charge on any atom is 0.131 e. The smallest absolute Gasteiger partial charge is 0.131 e. The van der Waals surface area contributed by atoms with Gasteiger partial charge in [0.15, 0.2) is 0 Å². The Bertz CT molecular complexity index is 285. The molecule has 64 valence electrons. The molecule has 1 aromatic heterocycles. The van der Waals surface area contributed by atoms with Crippen LogP contribution in [0.1, 0.15) is 12.5 Å². The Balaban J connectivity index is 2.97. The topological polar surface area (TPSA) is 26.0 Å². The molecular weight excluding hydrogens is 212 g/mol. The van der Waals surface area contributed by atoms with Gasteiger partial charge < -0.3 is 5.73 Å². The molecule has 0 amide bonds. The van der Waals surface area contributed by atoms with Crippen LogP contribution < -0.4 is 10.5 Å². The van der Waals surface area contributed by atoms with Crippen LogP contribution in [0.15, 0.2) is 0 Å². The molecule has 0 bridgehead atoms. The molecule has 1 rings (SSSR count). The van der Waals surface area contributed by atoms with Gasteiger partial charge in [0.1, 0.15) is 7.85 Å². The van der Waals surface area contributed by atoms with Crippen molar-refractivity contribution in [2.45, 2.75) is 19.4 Å². The Kier molecular flexibility index (Phi) is 3.47. The number of thiophene rings is 1. The molecule has 12 heavy (non-hydrogen) atoms. The van der Waals surface area contributed by atoms with Crippen LogP contribution in [-0.2, 0) is 6.42 Å². The summed E-state index contributed by atoms with van der Waals surface area (Å²) in [4.78, 5) is 0. The number of hydrogen-bond donors (Lipinski definition) is 1. The van der Waals surface area contributed by atoms with E-state index in [-0.39, 0.29) is 6.04 Å². The van der Waals surface area contributed by atoms with Crippen molar-refractivity contribution < 1.29 is 0 Å². The van der Waals surface area contributed by atoms with E-state index >= 15 is 0 Å². The van der Waals surface area contributed by atoms with Crippen molar-refractivity contribution >= 4 is 47.2 Å². The normalized spacial score (nSPS) is 13.3. The first kappa shape index (κ1) is 10.4. The quantitative estimate of drug-likeness (QED) is 0.754. The lowest BCUT2D eigenvalue weighted by Gasteiger charge is -2.03. The van der Waals surface area contributed by atoms with Gasteiger partial charge in [-0.25, -0.2) is 0 Å². The number of nitrogens with two attached hydrogens (primary N) is 1. The molecule has 0 aromatic carbocycles. The molecule has 0 aliphatic rings. The Labute approximate surface area is 87.3 Å². The number of hydrogen-bond acceptors (Lipinski definition) is 2. The molecule has 0 aliphatic carbocycles. The van der Waals surface area contributed by atoms with Gasteiger partial charge in [-0.05, 0) is 18.1 Å². The maximum absolute atomic E-state index is 5.90. The first-order valence-corrected chi connectivity index (χ1v) is 5.07. The molecule has 0 saturated heterocycles. The van der Waals surface area contributed by atoms with Crippen molar-refractivity contribution in [3.8, 4) is 0 Å². The monoisotopic (exact) mass is 219 g/mol. The van der Waals surface area contributed by atoms with E-state index in [1.54, 1.807) is 0 Å². The highest BCUT2D eigenvalue weighted by molar-refractivity contribution is 7.24. The second kappa shape index (κ2) is 4.01. The lowest BCUT2D eigenvalue weighted by atomic mass is 10.0. The minimum absolute atomic E-state index is 0.0500. The molecule has 0 aliphatic heterocycles. The van der Waals surface area contributed by atoms with E-state index in [9.17, 15) is 0 Å². The van der Waals surface area contributed by atoms with Crippen LogP contribution in [-0.4, -0.2) is 13.9 Å². The SMILES string of the molecule is [B]c1sc(Cl)c(CC(C)N)c1Cl. The van der Waals surface area contributed by atoms with E-state index in [1.807, 2.05) is 6.92 Å². The molecule has 1 aromatic rings. The molecule has 1 heterocycles. The van der Waals surface area contributed by atoms with E-state index in [1.165, 1.54) is 11.3 Å². The van der Waals surface area contributed by atoms with Gasteiger partial charge in [-0.2, -0.15) is 0 Å². The largest absolute Gasteiger partial charge is 0.328 e. The second-order valence-electron chi connectivity index (χ2n) is 2.71. The highest BCUT2D eigenvalue weighted by atomic mass is 35.5. The van der Waals surface area contributed by atoms with E-state index in [2.05, 4.69) is 0 Å². The Morgan fingerprint density at radius 3 is 2.50 bits per heavy atom. The van der Waals surface area contributed by atoms with Gasteiger partial charge in [0.25, 0.3) is 0 Å². The molecule has 2 N–H and O–H groups in total. The fourth-order valence-corrected chi connectivity index (χ4v) is 2.46. The van der Waals surface area contributed by atoms with Crippen LogP contribution in [0, 0.1) is 0 Å². The minimum atomic E-state index is 0.0500. The predicted molar refractivity (Wildman–Crippen MR) is 57.1 cm³/mol. The van der Waals surface area contributed by atoms with Crippen molar-refractivity contribution in [1.29, 1.82) is 0 Å². The average Bonchev–Trinajstić information content (AvgIpc) is 2.16. The molecule has 1 atom stereocenters. The standard InChI is InChI=1S/C7H8BCl2NS/c1-3(11)2-4-5(9)6(8)12-7(4)10/h3H,2,11H2,1H3. The summed E-state index contributed by atoms with van der Waals surface area (Å²) in [6, 6.07) is 0.0500. The van der Waals surface area contributed by atoms with Crippen molar-refractivity contribution in [1.82, 2.24) is 0 Å². The summed E-state index contributed by atoms with van der Waals surface area (Å²) in [7, 11) is 5.58. The highest BCUT2D eigenvalue weighted by Gasteiger charge is 2.12. The van der Waals surface area contributed by atoms with Crippen molar-refractivity contribution in [3.05, 3.63) is 14.9 Å². The molecule has 1 unspecified atom stereocenters. The van der Waals surface area contributed by atoms with Crippen LogP contribution in [0.25, 0.3) is 0 Å². The van der Waals surface area contributed by atoms with Crippen LogP contribution in [0.5, 0.6) is 0 Å². The fraction of sp³-hybridized carbons (Fsp3) is 0.429. The molecule has 1 nitrogen and oxygen atoms in total. The second-order valence-corrected chi connectivity index (χ2v) is 4.75. The lowest BCUT2D eigenvalue weighted by Crippen LogP contribution is -2.18. The highest BCUT2D eigenvalue weighted by Crippen LogP contribution is 2.29. The summed E-state index contributed by atoms with van der Waals surface area (Å²) in [5.74, 6) is 0. The minimum Gasteiger partial charge on any atom is -0.328 e. The molecule has 0 saturated carbocycles. The van der Waals surface area contributed by atoms with Crippen molar-refractivity contribution in [3.63, 3.8) is 0 Å². The molecule has 5 heteroatoms. The summed E-state index contributed by atoms with van der Waals surface area (Å²) in [5, 5.41) is 0.558. The van der Waals surface area contributed by atoms with Gasteiger partial charge in [0, 0.05) is 16.6 Å². The van der Waals surface area contributed by atoms with E-state index < -0.39 is 0 Å². The average molecular weight is 220 g/mol. The van der Waals surface area contributed by atoms with Gasteiger partial charge in [0.2, 0.25) is 0 Å². The zero-order chi connectivity index (χ0) is 9.30. The number of rotatable bonds is 2. The zero-order valence-corrected chi connectivity index (χ0v) is 8.93. The molecule has 2 radical (unpaired) electrons. The zero-order valence-electron chi connectivity index (χ0n) is 6.60. The van der Waals surface area contributed by atoms with Crippen LogP contribution >= 0.6 is 34.5 Å². The van der Waals surface area contributed by atoms with Gasteiger partial charge in [-0.3, -0.25) is 0 Å². The first-order valence-electron chi connectivity index (χ1n) is 3.50. The Morgan fingerprint density at radius 1 is 1.58 bits per heavy atom. The third-order valence-corrected chi connectivity index (χ3v) is 3.30. The Hall–Kier alpha value is 0.305. The predicted octanol–water partition coefficient (Wildman–Crippen LogP) is 1.74. The molecular formula is C7H8BCl2NS. The third-order valence-electron chi connectivity index (χ3n) is 1.44. The van der Waals surface area contributed by atoms with Gasteiger partial charge in [-0.15, -0.1) is 11.3 Å². The molecule has 0 fully saturated rings. The molecule has 0 spiro atoms. The van der Waals surface area contributed by atoms with E-state index in [4.69, 9.17) is 36.8 Å². The van der Waals surface area contributed by atoms with Gasteiger partial charge in [-0.1, -0.05) is 23.2 Å². The summed E-state index contributed by atoms with van der Waals surface area (Å²) in [6.07, 6.45) is 0.672. The maximum atomic E-state index is 5.90. The summed E-state index contributed by atoms with van der Waals surface area (Å²) in [5.41, 5.74) is 6.49. The Morgan fingerprint density at radius 2 is 2.17 bits per heavy atom. The van der Waals surface area contributed by atoms with Crippen molar-refractivity contribution in [2.75, 3.05) is 0 Å². The van der Waals surface area contributed by atoms with E-state index in [0.29, 0.717) is 20.6 Å². The van der Waals surface area contributed by atoms with Crippen LogP contribution in [0.2, 0.25) is 9.36 Å². The number of halogens is 2. The van der Waals surface area contributed by atoms with Crippen molar-refractivity contribution in [2.24, 2.45) is 5.73 Å².